The third kappa shape index (κ3) is 10.5. The van der Waals surface area contributed by atoms with Crippen molar-refractivity contribution in [2.45, 2.75) is 30.0 Å². The summed E-state index contributed by atoms with van der Waals surface area (Å²) in [5.41, 5.74) is 0.124. The number of carbonyl (C=O) groups is 4. The van der Waals surface area contributed by atoms with Crippen LogP contribution in [0.1, 0.15) is 17.0 Å². The van der Waals surface area contributed by atoms with Crippen molar-refractivity contribution in [2.24, 2.45) is 11.1 Å². The molecule has 1 atom stereocenters. The van der Waals surface area contributed by atoms with E-state index in [1.54, 1.807) is 12.4 Å². The second-order valence-corrected chi connectivity index (χ2v) is 11.3. The lowest BCUT2D eigenvalue weighted by molar-refractivity contribution is -0.160. The van der Waals surface area contributed by atoms with Gasteiger partial charge >= 0.3 is 0 Å². The molecule has 1 aromatic carbocycles. The number of sulfonamides is 1. The van der Waals surface area contributed by atoms with Crippen molar-refractivity contribution < 1.29 is 37.1 Å². The summed E-state index contributed by atoms with van der Waals surface area (Å²) < 4.78 is 33.9. The second-order valence-electron chi connectivity index (χ2n) is 9.75. The standard InChI is InChI=1S/C30H35N5O8S/c31-44(40,41)27-9-7-24(8-10-27)11-14-34-29(39)28(21-36)30(22-37,23-38)43-18-17-42-16-15-35(19-25-5-1-3-12-32-25)20-26-6-2-4-13-33-26/h1-10,12-13,21-23,28H,11,14-20H2,(H,34,39)(H2,31,40,41). The molecule has 3 rings (SSSR count). The maximum Gasteiger partial charge on any atom is 0.238 e. The van der Waals surface area contributed by atoms with Crippen LogP contribution in [0.4, 0.5) is 0 Å². The van der Waals surface area contributed by atoms with Gasteiger partial charge in [-0.05, 0) is 48.4 Å². The number of rotatable bonds is 20. The zero-order chi connectivity index (χ0) is 31.8. The molecule has 13 nitrogen and oxygen atoms in total. The van der Waals surface area contributed by atoms with E-state index in [-0.39, 0.29) is 56.5 Å². The molecule has 2 aromatic heterocycles. The van der Waals surface area contributed by atoms with Gasteiger partial charge in [0.25, 0.3) is 0 Å². The molecule has 234 valence electrons. The molecular formula is C30H35N5O8S. The number of aldehydes is 3. The number of hydrogen-bond acceptors (Lipinski definition) is 11. The van der Waals surface area contributed by atoms with Crippen molar-refractivity contribution in [1.29, 1.82) is 0 Å². The van der Waals surface area contributed by atoms with Gasteiger partial charge in [0.2, 0.25) is 15.9 Å². The molecule has 0 bridgehead atoms. The first-order chi connectivity index (χ1) is 21.2. The van der Waals surface area contributed by atoms with Gasteiger partial charge in [0.05, 0.1) is 36.1 Å². The van der Waals surface area contributed by atoms with Crippen LogP contribution in [0, 0.1) is 5.92 Å². The Hall–Kier alpha value is -4.21. The predicted molar refractivity (Wildman–Crippen MR) is 158 cm³/mol. The summed E-state index contributed by atoms with van der Waals surface area (Å²) >= 11 is 0. The highest BCUT2D eigenvalue weighted by molar-refractivity contribution is 7.89. The first-order valence-corrected chi connectivity index (χ1v) is 15.3. The molecule has 0 radical (unpaired) electrons. The van der Waals surface area contributed by atoms with Crippen molar-refractivity contribution >= 4 is 34.8 Å². The fourth-order valence-electron chi connectivity index (χ4n) is 4.22. The quantitative estimate of drug-likeness (QED) is 0.101. The van der Waals surface area contributed by atoms with E-state index < -0.39 is 27.4 Å². The molecule has 0 saturated heterocycles. The number of amides is 1. The Kier molecular flexibility index (Phi) is 13.4. The molecule has 1 amide bonds. The highest BCUT2D eigenvalue weighted by Crippen LogP contribution is 2.18. The van der Waals surface area contributed by atoms with Crippen LogP contribution in [0.3, 0.4) is 0 Å². The smallest absolute Gasteiger partial charge is 0.238 e. The molecule has 0 fully saturated rings. The molecular weight excluding hydrogens is 590 g/mol. The number of primary sulfonamides is 1. The number of hydrogen-bond donors (Lipinski definition) is 2. The lowest BCUT2D eigenvalue weighted by atomic mass is 9.90. The summed E-state index contributed by atoms with van der Waals surface area (Å²) in [4.78, 5) is 59.2. The highest BCUT2D eigenvalue weighted by Gasteiger charge is 2.44. The zero-order valence-electron chi connectivity index (χ0n) is 24.0. The van der Waals surface area contributed by atoms with E-state index in [2.05, 4.69) is 20.2 Å². The van der Waals surface area contributed by atoms with Gasteiger partial charge in [-0.25, -0.2) is 13.6 Å². The van der Waals surface area contributed by atoms with Gasteiger partial charge in [-0.1, -0.05) is 24.3 Å². The summed E-state index contributed by atoms with van der Waals surface area (Å²) in [7, 11) is -3.84. The summed E-state index contributed by atoms with van der Waals surface area (Å²) in [5.74, 6) is -2.60. The van der Waals surface area contributed by atoms with Crippen molar-refractivity contribution in [3.8, 4) is 0 Å². The van der Waals surface area contributed by atoms with E-state index >= 15 is 0 Å². The van der Waals surface area contributed by atoms with E-state index in [1.807, 2.05) is 36.4 Å². The monoisotopic (exact) mass is 625 g/mol. The van der Waals surface area contributed by atoms with Crippen LogP contribution in [-0.2, 0) is 58.2 Å². The first-order valence-electron chi connectivity index (χ1n) is 13.7. The number of carbonyl (C=O) groups excluding carboxylic acids is 4. The number of ether oxygens (including phenoxy) is 2. The van der Waals surface area contributed by atoms with Gasteiger partial charge in [-0.2, -0.15) is 0 Å². The van der Waals surface area contributed by atoms with Gasteiger partial charge in [0, 0.05) is 38.6 Å². The Bertz CT molecular complexity index is 1410. The summed E-state index contributed by atoms with van der Waals surface area (Å²) in [6.07, 6.45) is 4.17. The first kappa shape index (κ1) is 34.3. The number of nitrogens with two attached hydrogens (primary N) is 1. The van der Waals surface area contributed by atoms with Gasteiger partial charge < -0.3 is 19.6 Å². The van der Waals surface area contributed by atoms with E-state index in [4.69, 9.17) is 14.6 Å². The normalized spacial score (nSPS) is 12.4. The van der Waals surface area contributed by atoms with Crippen LogP contribution < -0.4 is 10.5 Å². The average Bonchev–Trinajstić information content (AvgIpc) is 3.03. The third-order valence-electron chi connectivity index (χ3n) is 6.59. The van der Waals surface area contributed by atoms with Crippen LogP contribution >= 0.6 is 0 Å². The molecule has 2 heterocycles. The van der Waals surface area contributed by atoms with Crippen LogP contribution in [0.5, 0.6) is 0 Å². The molecule has 3 aromatic rings. The number of pyridine rings is 2. The average molecular weight is 626 g/mol. The fraction of sp³-hybridized carbons (Fsp3) is 0.333. The van der Waals surface area contributed by atoms with Gasteiger partial charge in [0.15, 0.2) is 18.2 Å². The molecule has 44 heavy (non-hydrogen) atoms. The summed E-state index contributed by atoms with van der Waals surface area (Å²) in [6.45, 7) is 1.74. The van der Waals surface area contributed by atoms with E-state index in [9.17, 15) is 27.6 Å². The minimum absolute atomic E-state index is 0.00778. The Balaban J connectivity index is 1.48. The Morgan fingerprint density at radius 2 is 1.52 bits per heavy atom. The Morgan fingerprint density at radius 3 is 2.02 bits per heavy atom. The number of nitrogens with zero attached hydrogens (tertiary/aromatic N) is 3. The molecule has 1 unspecified atom stereocenters. The molecule has 0 aliphatic heterocycles. The Labute approximate surface area is 255 Å². The third-order valence-corrected chi connectivity index (χ3v) is 7.52. The minimum Gasteiger partial charge on any atom is -0.378 e. The van der Waals surface area contributed by atoms with Crippen molar-refractivity contribution in [2.75, 3.05) is 32.9 Å². The number of nitrogens with one attached hydrogen (secondary N) is 1. The van der Waals surface area contributed by atoms with Crippen LogP contribution in [0.15, 0.2) is 78.0 Å². The van der Waals surface area contributed by atoms with Gasteiger partial charge in [-0.15, -0.1) is 0 Å². The second kappa shape index (κ2) is 17.2. The zero-order valence-corrected chi connectivity index (χ0v) is 24.8. The lowest BCUT2D eigenvalue weighted by Gasteiger charge is -2.27. The number of aromatic nitrogens is 2. The maximum absolute atomic E-state index is 12.7. The molecule has 0 saturated carbocycles. The summed E-state index contributed by atoms with van der Waals surface area (Å²) in [6, 6.07) is 17.1. The van der Waals surface area contributed by atoms with Crippen LogP contribution in [0.2, 0.25) is 0 Å². The van der Waals surface area contributed by atoms with Gasteiger partial charge in [-0.3, -0.25) is 29.3 Å². The molecule has 0 spiro atoms. The fourth-order valence-corrected chi connectivity index (χ4v) is 4.74. The largest absolute Gasteiger partial charge is 0.378 e. The van der Waals surface area contributed by atoms with E-state index in [0.29, 0.717) is 25.2 Å². The SMILES string of the molecule is NS(=O)(=O)c1ccc(CCNC(=O)C(C=O)C(C=O)(C=O)OCCOCCN(Cc2ccccn2)Cc2ccccn2)cc1. The lowest BCUT2D eigenvalue weighted by Crippen LogP contribution is -2.52. The number of benzene rings is 1. The van der Waals surface area contributed by atoms with Crippen LogP contribution in [-0.4, -0.2) is 86.6 Å². The minimum atomic E-state index is -3.84. The molecule has 0 aliphatic carbocycles. The van der Waals surface area contributed by atoms with E-state index in [1.165, 1.54) is 24.3 Å². The van der Waals surface area contributed by atoms with Gasteiger partial charge in [0.1, 0.15) is 12.2 Å². The summed E-state index contributed by atoms with van der Waals surface area (Å²) in [5, 5.41) is 7.59. The van der Waals surface area contributed by atoms with Crippen molar-refractivity contribution in [3.05, 3.63) is 90.0 Å². The van der Waals surface area contributed by atoms with Crippen LogP contribution in [0.25, 0.3) is 0 Å². The highest BCUT2D eigenvalue weighted by atomic mass is 32.2. The molecule has 0 aliphatic rings. The predicted octanol–water partition coefficient (Wildman–Crippen LogP) is 0.470. The maximum atomic E-state index is 12.7. The topological polar surface area (TPSA) is 188 Å². The van der Waals surface area contributed by atoms with E-state index in [0.717, 1.165) is 11.4 Å². The Morgan fingerprint density at radius 1 is 0.909 bits per heavy atom. The van der Waals surface area contributed by atoms with Crippen molar-refractivity contribution in [1.82, 2.24) is 20.2 Å². The molecule has 3 N–H and O–H groups in total. The molecule has 14 heteroatoms. The van der Waals surface area contributed by atoms with Crippen molar-refractivity contribution in [3.63, 3.8) is 0 Å².